The third-order valence-electron chi connectivity index (χ3n) is 3.04. The van der Waals surface area contributed by atoms with Crippen molar-refractivity contribution in [2.75, 3.05) is 6.61 Å². The van der Waals surface area contributed by atoms with Gasteiger partial charge in [0.2, 0.25) is 0 Å². The summed E-state index contributed by atoms with van der Waals surface area (Å²) in [6.45, 7) is 11.0. The Labute approximate surface area is 113 Å². The van der Waals surface area contributed by atoms with Crippen molar-refractivity contribution >= 4 is 5.97 Å². The van der Waals surface area contributed by atoms with Crippen molar-refractivity contribution in [3.8, 4) is 0 Å². The van der Waals surface area contributed by atoms with E-state index in [0.29, 0.717) is 6.61 Å². The topological polar surface area (TPSA) is 26.3 Å². The van der Waals surface area contributed by atoms with E-state index < -0.39 is 0 Å². The Hall–Kier alpha value is -0.790. The highest BCUT2D eigenvalue weighted by atomic mass is 16.5. The Morgan fingerprint density at radius 3 is 2.33 bits per heavy atom. The first-order valence-corrected chi connectivity index (χ1v) is 7.29. The van der Waals surface area contributed by atoms with Crippen LogP contribution in [0.5, 0.6) is 0 Å². The average molecular weight is 254 g/mol. The number of hydrogen-bond acceptors (Lipinski definition) is 2. The van der Waals surface area contributed by atoms with Gasteiger partial charge < -0.3 is 4.74 Å². The number of ether oxygens (including phenoxy) is 1. The number of esters is 1. The molecule has 0 aliphatic carbocycles. The minimum Gasteiger partial charge on any atom is -0.462 e. The molecule has 0 spiro atoms. The molecule has 0 aliphatic heterocycles. The smallest absolute Gasteiger partial charge is 0.333 e. The molecule has 18 heavy (non-hydrogen) atoms. The summed E-state index contributed by atoms with van der Waals surface area (Å²) in [5, 5.41) is 0. The maximum Gasteiger partial charge on any atom is 0.333 e. The number of carbonyl (C=O) groups is 1. The molecule has 0 aromatic carbocycles. The molecule has 0 N–H and O–H groups in total. The monoisotopic (exact) mass is 254 g/mol. The third-order valence-corrected chi connectivity index (χ3v) is 3.04. The Kier molecular flexibility index (Phi) is 8.78. The lowest BCUT2D eigenvalue weighted by Gasteiger charge is -2.21. The predicted octanol–water partition coefficient (Wildman–Crippen LogP) is 4.88. The van der Waals surface area contributed by atoms with Crippen molar-refractivity contribution in [3.05, 3.63) is 11.6 Å². The van der Waals surface area contributed by atoms with Gasteiger partial charge in [0, 0.05) is 5.57 Å². The van der Waals surface area contributed by atoms with E-state index in [-0.39, 0.29) is 11.4 Å². The van der Waals surface area contributed by atoms with Crippen LogP contribution in [-0.2, 0) is 9.53 Å². The van der Waals surface area contributed by atoms with Crippen LogP contribution in [0.25, 0.3) is 0 Å². The van der Waals surface area contributed by atoms with Gasteiger partial charge in [0.15, 0.2) is 0 Å². The highest BCUT2D eigenvalue weighted by Gasteiger charge is 2.17. The van der Waals surface area contributed by atoms with E-state index in [4.69, 9.17) is 4.74 Å². The van der Waals surface area contributed by atoms with Gasteiger partial charge >= 0.3 is 5.97 Å². The summed E-state index contributed by atoms with van der Waals surface area (Å²) in [6, 6.07) is 0. The normalized spacial score (nSPS) is 12.6. The van der Waals surface area contributed by atoms with Crippen molar-refractivity contribution in [1.29, 1.82) is 0 Å². The molecular formula is C16H30O2. The summed E-state index contributed by atoms with van der Waals surface area (Å²) in [4.78, 5) is 11.7. The first-order chi connectivity index (χ1) is 8.43. The molecule has 0 aromatic rings. The number of hydrogen-bond donors (Lipinski definition) is 0. The Bertz CT molecular complexity index is 264. The fourth-order valence-corrected chi connectivity index (χ4v) is 2.03. The fourth-order valence-electron chi connectivity index (χ4n) is 2.03. The van der Waals surface area contributed by atoms with Gasteiger partial charge in [-0.05, 0) is 25.2 Å². The number of allylic oxidation sites excluding steroid dienone is 1. The van der Waals surface area contributed by atoms with Crippen molar-refractivity contribution in [2.45, 2.75) is 73.1 Å². The molecule has 0 bridgehead atoms. The molecule has 0 aliphatic rings. The van der Waals surface area contributed by atoms with Gasteiger partial charge in [-0.3, -0.25) is 0 Å². The number of rotatable bonds is 9. The highest BCUT2D eigenvalue weighted by Crippen LogP contribution is 2.27. The van der Waals surface area contributed by atoms with Crippen molar-refractivity contribution in [2.24, 2.45) is 5.41 Å². The Morgan fingerprint density at radius 2 is 1.78 bits per heavy atom. The van der Waals surface area contributed by atoms with E-state index in [1.54, 1.807) is 0 Å². The maximum absolute atomic E-state index is 11.7. The van der Waals surface area contributed by atoms with E-state index in [1.165, 1.54) is 25.7 Å². The molecule has 0 rings (SSSR count). The van der Waals surface area contributed by atoms with E-state index in [1.807, 2.05) is 13.8 Å². The zero-order valence-corrected chi connectivity index (χ0v) is 12.8. The average Bonchev–Trinajstić information content (AvgIpc) is 2.31. The molecule has 0 aromatic heterocycles. The highest BCUT2D eigenvalue weighted by molar-refractivity contribution is 5.87. The third kappa shape index (κ3) is 8.32. The second-order valence-electron chi connectivity index (χ2n) is 5.76. The standard InChI is InChI=1S/C16H30O2/c1-6-8-9-10-11-16(4,5)13-14(3)15(17)18-12-7-2/h13H,6-12H2,1-5H3. The summed E-state index contributed by atoms with van der Waals surface area (Å²) >= 11 is 0. The van der Waals surface area contributed by atoms with E-state index in [0.717, 1.165) is 18.4 Å². The van der Waals surface area contributed by atoms with E-state index >= 15 is 0 Å². The van der Waals surface area contributed by atoms with Gasteiger partial charge in [-0.1, -0.05) is 59.5 Å². The lowest BCUT2D eigenvalue weighted by atomic mass is 9.85. The first-order valence-electron chi connectivity index (χ1n) is 7.29. The van der Waals surface area contributed by atoms with Crippen molar-refractivity contribution < 1.29 is 9.53 Å². The number of unbranched alkanes of at least 4 members (excludes halogenated alkanes) is 3. The second kappa shape index (κ2) is 9.18. The largest absolute Gasteiger partial charge is 0.462 e. The molecule has 0 saturated heterocycles. The van der Waals surface area contributed by atoms with Crippen LogP contribution >= 0.6 is 0 Å². The first kappa shape index (κ1) is 17.2. The molecule has 2 nitrogen and oxygen atoms in total. The van der Waals surface area contributed by atoms with Crippen LogP contribution in [0.2, 0.25) is 0 Å². The molecular weight excluding hydrogens is 224 g/mol. The van der Waals surface area contributed by atoms with Gasteiger partial charge in [0.1, 0.15) is 0 Å². The quantitative estimate of drug-likeness (QED) is 0.333. The molecule has 0 atom stereocenters. The van der Waals surface area contributed by atoms with Gasteiger partial charge in [-0.25, -0.2) is 4.79 Å². The molecule has 0 unspecified atom stereocenters. The molecule has 0 amide bonds. The minimum atomic E-state index is -0.168. The molecule has 2 heteroatoms. The summed E-state index contributed by atoms with van der Waals surface area (Å²) in [7, 11) is 0. The molecule has 0 saturated carbocycles. The van der Waals surface area contributed by atoms with E-state index in [9.17, 15) is 4.79 Å². The van der Waals surface area contributed by atoms with Crippen LogP contribution in [0.15, 0.2) is 11.6 Å². The zero-order chi connectivity index (χ0) is 14.0. The summed E-state index contributed by atoms with van der Waals surface area (Å²) in [5.41, 5.74) is 0.826. The Balaban J connectivity index is 4.20. The Morgan fingerprint density at radius 1 is 1.11 bits per heavy atom. The molecule has 0 fully saturated rings. The minimum absolute atomic E-state index is 0.0864. The fraction of sp³-hybridized carbons (Fsp3) is 0.812. The lowest BCUT2D eigenvalue weighted by molar-refractivity contribution is -0.139. The molecule has 0 radical (unpaired) electrons. The van der Waals surface area contributed by atoms with Crippen LogP contribution in [0.3, 0.4) is 0 Å². The van der Waals surface area contributed by atoms with Crippen LogP contribution < -0.4 is 0 Å². The van der Waals surface area contributed by atoms with Gasteiger partial charge in [-0.15, -0.1) is 0 Å². The maximum atomic E-state index is 11.7. The van der Waals surface area contributed by atoms with Gasteiger partial charge in [-0.2, -0.15) is 0 Å². The second-order valence-corrected chi connectivity index (χ2v) is 5.76. The summed E-state index contributed by atoms with van der Waals surface area (Å²) in [5.74, 6) is -0.168. The molecule has 0 heterocycles. The predicted molar refractivity (Wildman–Crippen MR) is 77.5 cm³/mol. The SMILES string of the molecule is CCCCCCC(C)(C)C=C(C)C(=O)OCCC. The van der Waals surface area contributed by atoms with Crippen LogP contribution in [-0.4, -0.2) is 12.6 Å². The summed E-state index contributed by atoms with van der Waals surface area (Å²) in [6.07, 6.45) is 9.15. The van der Waals surface area contributed by atoms with Gasteiger partial charge in [0.05, 0.1) is 6.61 Å². The molecule has 106 valence electrons. The van der Waals surface area contributed by atoms with Crippen molar-refractivity contribution in [3.63, 3.8) is 0 Å². The summed E-state index contributed by atoms with van der Waals surface area (Å²) < 4.78 is 5.13. The van der Waals surface area contributed by atoms with Crippen molar-refractivity contribution in [1.82, 2.24) is 0 Å². The van der Waals surface area contributed by atoms with Crippen LogP contribution in [0, 0.1) is 5.41 Å². The van der Waals surface area contributed by atoms with Gasteiger partial charge in [0.25, 0.3) is 0 Å². The van der Waals surface area contributed by atoms with Crippen LogP contribution in [0.4, 0.5) is 0 Å². The van der Waals surface area contributed by atoms with Crippen LogP contribution in [0.1, 0.15) is 73.1 Å². The number of carbonyl (C=O) groups excluding carboxylic acids is 1. The van der Waals surface area contributed by atoms with E-state index in [2.05, 4.69) is 26.8 Å². The zero-order valence-electron chi connectivity index (χ0n) is 12.8. The lowest BCUT2D eigenvalue weighted by Crippen LogP contribution is -2.13.